The molecule has 3 heterocycles. The number of hydrogen-bond donors (Lipinski definition) is 2. The van der Waals surface area contributed by atoms with E-state index in [1.807, 2.05) is 12.1 Å². The molecule has 1 aromatic carbocycles. The first-order valence-electron chi connectivity index (χ1n) is 8.36. The van der Waals surface area contributed by atoms with Crippen molar-refractivity contribution >= 4 is 33.9 Å². The summed E-state index contributed by atoms with van der Waals surface area (Å²) in [7, 11) is 1.27. The van der Waals surface area contributed by atoms with Crippen molar-refractivity contribution in [2.24, 2.45) is 0 Å². The topological polar surface area (TPSA) is 122 Å². The summed E-state index contributed by atoms with van der Waals surface area (Å²) in [4.78, 5) is 26.7. The number of ether oxygens (including phenoxy) is 1. The smallest absolute Gasteiger partial charge is 0.337 e. The van der Waals surface area contributed by atoms with Crippen LogP contribution in [-0.4, -0.2) is 68.5 Å². The van der Waals surface area contributed by atoms with Gasteiger partial charge in [-0.15, -0.1) is 10.2 Å². The lowest BCUT2D eigenvalue weighted by atomic mass is 10.2. The number of aliphatic hydroxyl groups is 1. The van der Waals surface area contributed by atoms with Crippen LogP contribution in [0, 0.1) is 0 Å². The lowest BCUT2D eigenvalue weighted by Gasteiger charge is -2.15. The maximum absolute atomic E-state index is 12.6. The summed E-state index contributed by atoms with van der Waals surface area (Å²) in [5, 5.41) is 25.0. The molecule has 0 atom stereocenters. The maximum atomic E-state index is 12.6. The number of anilines is 1. The van der Waals surface area contributed by atoms with E-state index >= 15 is 0 Å². The largest absolute Gasteiger partial charge is 0.466 e. The lowest BCUT2D eigenvalue weighted by Crippen LogP contribution is -2.31. The highest BCUT2D eigenvalue weighted by Crippen LogP contribution is 2.27. The Labute approximate surface area is 163 Å². The molecule has 28 heavy (non-hydrogen) atoms. The Kier molecular flexibility index (Phi) is 4.75. The number of methoxy groups -OCH3 is 1. The molecule has 0 bridgehead atoms. The summed E-state index contributed by atoms with van der Waals surface area (Å²) in [5.74, 6) is -0.931. The Morgan fingerprint density at radius 1 is 1.36 bits per heavy atom. The van der Waals surface area contributed by atoms with E-state index < -0.39 is 5.97 Å². The van der Waals surface area contributed by atoms with Gasteiger partial charge in [0.2, 0.25) is 4.96 Å². The van der Waals surface area contributed by atoms with Gasteiger partial charge in [0.05, 0.1) is 25.8 Å². The number of amides is 1. The molecule has 144 valence electrons. The Balaban J connectivity index is 1.57. The van der Waals surface area contributed by atoms with Crippen LogP contribution >= 0.6 is 11.3 Å². The number of fused-ring (bicyclic) bond motifs is 1. The average Bonchev–Trinajstić information content (AvgIpc) is 3.38. The van der Waals surface area contributed by atoms with Gasteiger partial charge in [-0.2, -0.15) is 9.61 Å². The molecule has 0 unspecified atom stereocenters. The highest BCUT2D eigenvalue weighted by atomic mass is 32.1. The number of carbonyl (C=O) groups is 2. The lowest BCUT2D eigenvalue weighted by molar-refractivity contribution is -0.136. The molecule has 2 N–H and O–H groups in total. The number of hydrogen-bond acceptors (Lipinski definition) is 9. The Morgan fingerprint density at radius 2 is 2.14 bits per heavy atom. The zero-order chi connectivity index (χ0) is 19.7. The number of benzene rings is 1. The Bertz CT molecular complexity index is 1040. The molecule has 4 rings (SSSR count). The van der Waals surface area contributed by atoms with Crippen LogP contribution in [0.25, 0.3) is 15.5 Å². The van der Waals surface area contributed by atoms with Crippen molar-refractivity contribution in [3.8, 4) is 10.6 Å². The standard InChI is InChI=1S/C17H16N6O4S/c1-27-16(26)12-8-22(6-7-24)15(25)13(12)19-11-4-2-10(3-5-11)14-21-23-9-18-20-17(23)28-14/h2-5,9,19,24H,6-8H2,1H3. The summed E-state index contributed by atoms with van der Waals surface area (Å²) in [6, 6.07) is 7.30. The van der Waals surface area contributed by atoms with Gasteiger partial charge in [-0.05, 0) is 24.3 Å². The van der Waals surface area contributed by atoms with Gasteiger partial charge in [-0.3, -0.25) is 4.79 Å². The van der Waals surface area contributed by atoms with Crippen LogP contribution in [0.4, 0.5) is 5.69 Å². The van der Waals surface area contributed by atoms with Crippen LogP contribution in [0.1, 0.15) is 0 Å². The minimum atomic E-state index is -0.576. The molecule has 10 nitrogen and oxygen atoms in total. The van der Waals surface area contributed by atoms with Crippen molar-refractivity contribution in [2.45, 2.75) is 0 Å². The van der Waals surface area contributed by atoms with Crippen LogP contribution in [0.2, 0.25) is 0 Å². The highest BCUT2D eigenvalue weighted by Gasteiger charge is 2.34. The highest BCUT2D eigenvalue weighted by molar-refractivity contribution is 7.19. The fourth-order valence-electron chi connectivity index (χ4n) is 2.87. The number of aliphatic hydroxyl groups excluding tert-OH is 1. The van der Waals surface area contributed by atoms with Crippen LogP contribution in [-0.2, 0) is 14.3 Å². The number of aromatic nitrogens is 4. The molecule has 1 aliphatic heterocycles. The maximum Gasteiger partial charge on any atom is 0.337 e. The normalized spacial score (nSPS) is 14.2. The van der Waals surface area contributed by atoms with Gasteiger partial charge in [-0.1, -0.05) is 11.3 Å². The molecular formula is C17H16N6O4S. The van der Waals surface area contributed by atoms with Crippen LogP contribution in [0.3, 0.4) is 0 Å². The van der Waals surface area contributed by atoms with Gasteiger partial charge < -0.3 is 20.1 Å². The summed E-state index contributed by atoms with van der Waals surface area (Å²) in [6.07, 6.45) is 1.54. The van der Waals surface area contributed by atoms with Gasteiger partial charge in [0, 0.05) is 17.8 Å². The Hall–Kier alpha value is -3.31. The van der Waals surface area contributed by atoms with E-state index in [1.165, 1.54) is 29.7 Å². The predicted molar refractivity (Wildman–Crippen MR) is 100 cm³/mol. The zero-order valence-corrected chi connectivity index (χ0v) is 15.6. The number of β-amino-alcohol motifs (C(OH)–C–C–N with tert-alkyl or cyclic N) is 1. The van der Waals surface area contributed by atoms with Gasteiger partial charge in [0.25, 0.3) is 5.91 Å². The van der Waals surface area contributed by atoms with E-state index in [2.05, 4.69) is 20.6 Å². The number of rotatable bonds is 6. The van der Waals surface area contributed by atoms with Gasteiger partial charge in [-0.25, -0.2) is 4.79 Å². The number of nitrogens with zero attached hydrogens (tertiary/aromatic N) is 5. The van der Waals surface area contributed by atoms with Crippen molar-refractivity contribution in [1.29, 1.82) is 0 Å². The van der Waals surface area contributed by atoms with Crippen LogP contribution < -0.4 is 5.32 Å². The predicted octanol–water partition coefficient (Wildman–Crippen LogP) is 0.526. The first-order chi connectivity index (χ1) is 13.6. The summed E-state index contributed by atoms with van der Waals surface area (Å²) in [6.45, 7) is 0.0541. The quantitative estimate of drug-likeness (QED) is 0.575. The van der Waals surface area contributed by atoms with Crippen LogP contribution in [0.5, 0.6) is 0 Å². The van der Waals surface area contributed by atoms with E-state index in [4.69, 9.17) is 9.84 Å². The van der Waals surface area contributed by atoms with Gasteiger partial charge in [0.1, 0.15) is 17.0 Å². The second-order valence-corrected chi connectivity index (χ2v) is 6.92. The first kappa shape index (κ1) is 18.1. The van der Waals surface area contributed by atoms with Gasteiger partial charge in [0.15, 0.2) is 0 Å². The van der Waals surface area contributed by atoms with Crippen molar-refractivity contribution in [2.75, 3.05) is 32.1 Å². The molecule has 1 amide bonds. The molecule has 3 aromatic rings. The molecule has 0 spiro atoms. The third-order valence-electron chi connectivity index (χ3n) is 4.24. The van der Waals surface area contributed by atoms with Crippen LogP contribution in [0.15, 0.2) is 41.9 Å². The third-order valence-corrected chi connectivity index (χ3v) is 5.20. The second-order valence-electron chi connectivity index (χ2n) is 5.96. The number of esters is 1. The summed E-state index contributed by atoms with van der Waals surface area (Å²) >= 11 is 1.41. The summed E-state index contributed by atoms with van der Waals surface area (Å²) in [5.41, 5.74) is 1.93. The fraction of sp³-hybridized carbons (Fsp3) is 0.235. The average molecular weight is 400 g/mol. The molecule has 0 aliphatic carbocycles. The van der Waals surface area contributed by atoms with Gasteiger partial charge >= 0.3 is 5.97 Å². The molecule has 1 aliphatic rings. The molecule has 0 saturated heterocycles. The number of carbonyl (C=O) groups excluding carboxylic acids is 2. The first-order valence-corrected chi connectivity index (χ1v) is 9.18. The molecule has 2 aromatic heterocycles. The minimum Gasteiger partial charge on any atom is -0.466 e. The van der Waals surface area contributed by atoms with E-state index in [-0.39, 0.29) is 36.9 Å². The molecule has 0 radical (unpaired) electrons. The van der Waals surface area contributed by atoms with Crippen molar-refractivity contribution in [3.63, 3.8) is 0 Å². The van der Waals surface area contributed by atoms with E-state index in [0.29, 0.717) is 10.6 Å². The Morgan fingerprint density at radius 3 is 2.82 bits per heavy atom. The van der Waals surface area contributed by atoms with E-state index in [0.717, 1.165) is 10.6 Å². The summed E-state index contributed by atoms with van der Waals surface area (Å²) < 4.78 is 6.38. The monoisotopic (exact) mass is 400 g/mol. The fourth-order valence-corrected chi connectivity index (χ4v) is 3.69. The molecule has 0 saturated carbocycles. The van der Waals surface area contributed by atoms with E-state index in [1.54, 1.807) is 16.6 Å². The molecule has 11 heteroatoms. The third kappa shape index (κ3) is 3.21. The van der Waals surface area contributed by atoms with Crippen molar-refractivity contribution < 1.29 is 19.4 Å². The number of nitrogens with one attached hydrogen (secondary N) is 1. The van der Waals surface area contributed by atoms with E-state index in [9.17, 15) is 9.59 Å². The SMILES string of the molecule is COC(=O)C1=C(Nc2ccc(-c3nn4cnnc4s3)cc2)C(=O)N(CCO)C1. The van der Waals surface area contributed by atoms with Crippen molar-refractivity contribution in [3.05, 3.63) is 41.9 Å². The zero-order valence-electron chi connectivity index (χ0n) is 14.8. The molecular weight excluding hydrogens is 384 g/mol. The second kappa shape index (κ2) is 7.37. The minimum absolute atomic E-state index is 0.0967. The molecule has 0 fully saturated rings. The van der Waals surface area contributed by atoms with Crippen molar-refractivity contribution in [1.82, 2.24) is 24.7 Å².